The van der Waals surface area contributed by atoms with E-state index in [-0.39, 0.29) is 17.9 Å². The first-order valence-corrected chi connectivity index (χ1v) is 11.0. The van der Waals surface area contributed by atoms with Gasteiger partial charge in [-0.15, -0.1) is 0 Å². The molecule has 1 fully saturated rings. The first kappa shape index (κ1) is 21.7. The van der Waals surface area contributed by atoms with Gasteiger partial charge in [-0.05, 0) is 43.4 Å². The number of piperidine rings is 1. The Morgan fingerprint density at radius 3 is 2.41 bits per heavy atom. The van der Waals surface area contributed by atoms with Gasteiger partial charge in [0.2, 0.25) is 0 Å². The second-order valence-corrected chi connectivity index (χ2v) is 8.35. The number of amides is 2. The SMILES string of the molecule is Cc1nc(C2CCCCN2C(=O)c2ccccc2-c2ccccc2)ncc1C(=O)N(C)C. The second-order valence-electron chi connectivity index (χ2n) is 8.35. The van der Waals surface area contributed by atoms with Crippen LogP contribution in [0, 0.1) is 6.92 Å². The number of carbonyl (C=O) groups is 2. The summed E-state index contributed by atoms with van der Waals surface area (Å²) in [6.45, 7) is 2.48. The van der Waals surface area contributed by atoms with E-state index in [0.29, 0.717) is 29.2 Å². The number of aromatic nitrogens is 2. The summed E-state index contributed by atoms with van der Waals surface area (Å²) in [7, 11) is 3.42. The smallest absolute Gasteiger partial charge is 0.256 e. The molecule has 1 unspecified atom stereocenters. The van der Waals surface area contributed by atoms with Crippen LogP contribution in [-0.2, 0) is 0 Å². The Labute approximate surface area is 188 Å². The van der Waals surface area contributed by atoms with Crippen molar-refractivity contribution in [3.8, 4) is 11.1 Å². The first-order chi connectivity index (χ1) is 15.5. The van der Waals surface area contributed by atoms with E-state index in [4.69, 9.17) is 0 Å². The van der Waals surface area contributed by atoms with Crippen molar-refractivity contribution in [1.82, 2.24) is 19.8 Å². The molecule has 2 heterocycles. The minimum atomic E-state index is -0.206. The Balaban J connectivity index is 1.68. The molecule has 0 spiro atoms. The van der Waals surface area contributed by atoms with Crippen LogP contribution < -0.4 is 0 Å². The summed E-state index contributed by atoms with van der Waals surface area (Å²) in [4.78, 5) is 38.7. The highest BCUT2D eigenvalue weighted by atomic mass is 16.2. The van der Waals surface area contributed by atoms with Crippen LogP contribution in [0.3, 0.4) is 0 Å². The van der Waals surface area contributed by atoms with Gasteiger partial charge in [0, 0.05) is 32.4 Å². The normalized spacial score (nSPS) is 16.0. The van der Waals surface area contributed by atoms with Gasteiger partial charge in [0.15, 0.2) is 5.82 Å². The number of nitrogens with zero attached hydrogens (tertiary/aromatic N) is 4. The maximum Gasteiger partial charge on any atom is 0.256 e. The van der Waals surface area contributed by atoms with Gasteiger partial charge in [0.1, 0.15) is 0 Å². The maximum absolute atomic E-state index is 13.7. The molecular formula is C26H28N4O2. The van der Waals surface area contributed by atoms with Crippen LogP contribution in [0.1, 0.15) is 57.5 Å². The quantitative estimate of drug-likeness (QED) is 0.613. The van der Waals surface area contributed by atoms with Gasteiger partial charge < -0.3 is 9.80 Å². The van der Waals surface area contributed by atoms with E-state index in [1.54, 1.807) is 20.3 Å². The predicted octanol–water partition coefficient (Wildman–Crippen LogP) is 4.52. The van der Waals surface area contributed by atoms with Crippen molar-refractivity contribution < 1.29 is 9.59 Å². The Kier molecular flexibility index (Phi) is 6.30. The molecule has 0 N–H and O–H groups in total. The molecule has 0 bridgehead atoms. The Hall–Kier alpha value is -3.54. The molecule has 3 aromatic rings. The van der Waals surface area contributed by atoms with Gasteiger partial charge in [-0.25, -0.2) is 9.97 Å². The van der Waals surface area contributed by atoms with Crippen molar-refractivity contribution in [1.29, 1.82) is 0 Å². The fraction of sp³-hybridized carbons (Fsp3) is 0.308. The number of aryl methyl sites for hydroxylation is 1. The van der Waals surface area contributed by atoms with E-state index >= 15 is 0 Å². The number of likely N-dealkylation sites (tertiary alicyclic amines) is 1. The van der Waals surface area contributed by atoms with E-state index in [2.05, 4.69) is 9.97 Å². The third-order valence-electron chi connectivity index (χ3n) is 5.94. The van der Waals surface area contributed by atoms with Crippen molar-refractivity contribution in [2.24, 2.45) is 0 Å². The average Bonchev–Trinajstić information content (AvgIpc) is 2.83. The zero-order chi connectivity index (χ0) is 22.7. The van der Waals surface area contributed by atoms with Crippen molar-refractivity contribution in [3.05, 3.63) is 83.4 Å². The lowest BCUT2D eigenvalue weighted by atomic mass is 9.95. The summed E-state index contributed by atoms with van der Waals surface area (Å²) < 4.78 is 0. The van der Waals surface area contributed by atoms with Gasteiger partial charge in [-0.2, -0.15) is 0 Å². The summed E-state index contributed by atoms with van der Waals surface area (Å²) in [5, 5.41) is 0. The lowest BCUT2D eigenvalue weighted by Gasteiger charge is -2.35. The number of hydrogen-bond donors (Lipinski definition) is 0. The van der Waals surface area contributed by atoms with Gasteiger partial charge in [-0.3, -0.25) is 9.59 Å². The van der Waals surface area contributed by atoms with E-state index in [0.717, 1.165) is 30.4 Å². The summed E-state index contributed by atoms with van der Waals surface area (Å²) in [5.41, 5.74) is 3.75. The van der Waals surface area contributed by atoms with E-state index < -0.39 is 0 Å². The molecule has 0 aliphatic carbocycles. The molecule has 4 rings (SSSR count). The van der Waals surface area contributed by atoms with Crippen LogP contribution in [0.5, 0.6) is 0 Å². The average molecular weight is 429 g/mol. The molecule has 1 aliphatic rings. The van der Waals surface area contributed by atoms with Crippen LogP contribution in [0.2, 0.25) is 0 Å². The third-order valence-corrected chi connectivity index (χ3v) is 5.94. The van der Waals surface area contributed by atoms with Crippen molar-refractivity contribution in [2.45, 2.75) is 32.2 Å². The number of benzene rings is 2. The molecule has 1 aromatic heterocycles. The molecule has 164 valence electrons. The first-order valence-electron chi connectivity index (χ1n) is 11.0. The molecule has 2 amide bonds. The topological polar surface area (TPSA) is 66.4 Å². The minimum absolute atomic E-state index is 0.0103. The summed E-state index contributed by atoms with van der Waals surface area (Å²) >= 11 is 0. The molecule has 0 radical (unpaired) electrons. The van der Waals surface area contributed by atoms with Crippen molar-refractivity contribution in [2.75, 3.05) is 20.6 Å². The zero-order valence-corrected chi connectivity index (χ0v) is 18.8. The second kappa shape index (κ2) is 9.30. The molecule has 6 nitrogen and oxygen atoms in total. The highest BCUT2D eigenvalue weighted by Crippen LogP contribution is 2.33. The number of rotatable bonds is 4. The molecule has 32 heavy (non-hydrogen) atoms. The molecule has 1 aliphatic heterocycles. The van der Waals surface area contributed by atoms with Gasteiger partial charge in [-0.1, -0.05) is 48.5 Å². The largest absolute Gasteiger partial charge is 0.345 e. The number of hydrogen-bond acceptors (Lipinski definition) is 4. The lowest BCUT2D eigenvalue weighted by molar-refractivity contribution is 0.0599. The van der Waals surface area contributed by atoms with Crippen LogP contribution in [-0.4, -0.2) is 52.2 Å². The summed E-state index contributed by atoms with van der Waals surface area (Å²) in [5.74, 6) is 0.467. The summed E-state index contributed by atoms with van der Waals surface area (Å²) in [6, 6.07) is 17.5. The molecular weight excluding hydrogens is 400 g/mol. The lowest BCUT2D eigenvalue weighted by Crippen LogP contribution is -2.39. The fourth-order valence-electron chi connectivity index (χ4n) is 4.23. The highest BCUT2D eigenvalue weighted by Gasteiger charge is 2.32. The highest BCUT2D eigenvalue weighted by molar-refractivity contribution is 6.01. The van der Waals surface area contributed by atoms with E-state index in [1.807, 2.05) is 66.4 Å². The molecule has 6 heteroatoms. The zero-order valence-electron chi connectivity index (χ0n) is 18.8. The number of carbonyl (C=O) groups excluding carboxylic acids is 2. The van der Waals surface area contributed by atoms with E-state index in [1.165, 1.54) is 4.90 Å². The van der Waals surface area contributed by atoms with Crippen LogP contribution in [0.25, 0.3) is 11.1 Å². The monoisotopic (exact) mass is 428 g/mol. The van der Waals surface area contributed by atoms with Crippen LogP contribution >= 0.6 is 0 Å². The predicted molar refractivity (Wildman–Crippen MR) is 124 cm³/mol. The molecule has 1 atom stereocenters. The summed E-state index contributed by atoms with van der Waals surface area (Å²) in [6.07, 6.45) is 4.36. The molecule has 0 saturated carbocycles. The van der Waals surface area contributed by atoms with Gasteiger partial charge in [0.25, 0.3) is 11.8 Å². The van der Waals surface area contributed by atoms with Crippen molar-refractivity contribution in [3.63, 3.8) is 0 Å². The Morgan fingerprint density at radius 2 is 1.69 bits per heavy atom. The van der Waals surface area contributed by atoms with Crippen molar-refractivity contribution >= 4 is 11.8 Å². The van der Waals surface area contributed by atoms with Crippen LogP contribution in [0.4, 0.5) is 0 Å². The standard InChI is InChI=1S/C26H28N4O2/c1-18-22(25(31)29(2)3)17-27-24(28-18)23-15-9-10-16-30(23)26(32)21-14-8-7-13-20(21)19-11-5-4-6-12-19/h4-8,11-14,17,23H,9-10,15-16H2,1-3H3. The molecule has 1 saturated heterocycles. The molecule has 2 aromatic carbocycles. The van der Waals surface area contributed by atoms with E-state index in [9.17, 15) is 9.59 Å². The third kappa shape index (κ3) is 4.26. The van der Waals surface area contributed by atoms with Gasteiger partial charge >= 0.3 is 0 Å². The Bertz CT molecular complexity index is 1130. The maximum atomic E-state index is 13.7. The minimum Gasteiger partial charge on any atom is -0.345 e. The van der Waals surface area contributed by atoms with Gasteiger partial charge in [0.05, 0.1) is 17.3 Å². The van der Waals surface area contributed by atoms with Crippen LogP contribution in [0.15, 0.2) is 60.8 Å². The fourth-order valence-corrected chi connectivity index (χ4v) is 4.23. The Morgan fingerprint density at radius 1 is 0.969 bits per heavy atom.